The number of amides is 2. The van der Waals surface area contributed by atoms with E-state index in [0.29, 0.717) is 18.8 Å². The zero-order valence-corrected chi connectivity index (χ0v) is 15.5. The van der Waals surface area contributed by atoms with Gasteiger partial charge in [-0.2, -0.15) is 0 Å². The number of urea groups is 1. The number of anilines is 1. The molecule has 142 valence electrons. The van der Waals surface area contributed by atoms with Crippen molar-refractivity contribution in [1.29, 1.82) is 0 Å². The molecular formula is C21H30N2O3. The Labute approximate surface area is 156 Å². The number of nitrogens with zero attached hydrogens (tertiary/aromatic N) is 1. The van der Waals surface area contributed by atoms with Crippen LogP contribution in [0.4, 0.5) is 10.5 Å². The van der Waals surface area contributed by atoms with Crippen LogP contribution in [0.5, 0.6) is 5.75 Å². The van der Waals surface area contributed by atoms with Crippen LogP contribution in [0.25, 0.3) is 0 Å². The van der Waals surface area contributed by atoms with Crippen LogP contribution in [0.15, 0.2) is 24.3 Å². The van der Waals surface area contributed by atoms with Gasteiger partial charge in [-0.1, -0.05) is 0 Å². The first-order valence-electron chi connectivity index (χ1n) is 10.2. The molecule has 1 aromatic carbocycles. The van der Waals surface area contributed by atoms with E-state index in [0.717, 1.165) is 43.7 Å². The molecule has 0 bridgehead atoms. The molecule has 1 unspecified atom stereocenters. The summed E-state index contributed by atoms with van der Waals surface area (Å²) in [4.78, 5) is 14.5. The van der Waals surface area contributed by atoms with Gasteiger partial charge in [0.25, 0.3) is 0 Å². The Bertz CT molecular complexity index is 594. The second-order valence-electron chi connectivity index (χ2n) is 7.88. The Balaban J connectivity index is 1.26. The lowest BCUT2D eigenvalue weighted by atomic mass is 9.95. The van der Waals surface area contributed by atoms with Gasteiger partial charge in [0.2, 0.25) is 0 Å². The fourth-order valence-electron chi connectivity index (χ4n) is 4.03. The molecule has 3 aliphatic rings. The topological polar surface area (TPSA) is 50.8 Å². The lowest BCUT2D eigenvalue weighted by molar-refractivity contribution is -0.0714. The van der Waals surface area contributed by atoms with E-state index in [2.05, 4.69) is 5.32 Å². The molecule has 4 rings (SSSR count). The lowest BCUT2D eigenvalue weighted by Crippen LogP contribution is -2.46. The number of piperidine rings is 1. The summed E-state index contributed by atoms with van der Waals surface area (Å²) in [5, 5.41) is 3.01. The third-order valence-corrected chi connectivity index (χ3v) is 5.81. The first kappa shape index (κ1) is 17.7. The molecule has 3 fully saturated rings. The summed E-state index contributed by atoms with van der Waals surface area (Å²) < 4.78 is 12.1. The van der Waals surface area contributed by atoms with Crippen LogP contribution >= 0.6 is 0 Å². The van der Waals surface area contributed by atoms with Crippen LogP contribution in [0.3, 0.4) is 0 Å². The van der Waals surface area contributed by atoms with Crippen LogP contribution in [-0.2, 0) is 4.74 Å². The van der Waals surface area contributed by atoms with Crippen molar-refractivity contribution in [3.05, 3.63) is 24.3 Å². The van der Waals surface area contributed by atoms with E-state index in [1.54, 1.807) is 0 Å². The van der Waals surface area contributed by atoms with Crippen LogP contribution in [0.2, 0.25) is 0 Å². The Morgan fingerprint density at radius 1 is 0.885 bits per heavy atom. The van der Waals surface area contributed by atoms with Gasteiger partial charge in [-0.05, 0) is 82.1 Å². The summed E-state index contributed by atoms with van der Waals surface area (Å²) in [5.74, 6) is 0.891. The Hall–Kier alpha value is -1.75. The molecule has 5 heteroatoms. The average Bonchev–Trinajstić information content (AvgIpc) is 3.13. The summed E-state index contributed by atoms with van der Waals surface area (Å²) in [6, 6.07) is 7.72. The van der Waals surface area contributed by atoms with Gasteiger partial charge < -0.3 is 19.7 Å². The molecule has 0 radical (unpaired) electrons. The van der Waals surface area contributed by atoms with Crippen molar-refractivity contribution in [3.8, 4) is 5.75 Å². The molecule has 1 heterocycles. The first-order valence-corrected chi connectivity index (χ1v) is 10.2. The van der Waals surface area contributed by atoms with E-state index in [1.165, 1.54) is 32.1 Å². The monoisotopic (exact) mass is 358 g/mol. The van der Waals surface area contributed by atoms with Crippen LogP contribution in [0, 0.1) is 0 Å². The van der Waals surface area contributed by atoms with E-state index in [1.807, 2.05) is 29.2 Å². The summed E-state index contributed by atoms with van der Waals surface area (Å²) in [6.07, 6.45) is 11.5. The van der Waals surface area contributed by atoms with E-state index in [9.17, 15) is 4.79 Å². The number of nitrogens with one attached hydrogen (secondary N) is 1. The van der Waals surface area contributed by atoms with Crippen molar-refractivity contribution >= 4 is 11.7 Å². The molecule has 5 nitrogen and oxygen atoms in total. The summed E-state index contributed by atoms with van der Waals surface area (Å²) in [6.45, 7) is 1.50. The maximum absolute atomic E-state index is 12.6. The first-order chi connectivity index (χ1) is 12.8. The minimum absolute atomic E-state index is 0.0311. The molecular weight excluding hydrogens is 328 g/mol. The van der Waals surface area contributed by atoms with E-state index in [-0.39, 0.29) is 12.1 Å². The van der Waals surface area contributed by atoms with Gasteiger partial charge >= 0.3 is 6.03 Å². The van der Waals surface area contributed by atoms with Gasteiger partial charge in [0.15, 0.2) is 0 Å². The quantitative estimate of drug-likeness (QED) is 0.838. The fourth-order valence-corrected chi connectivity index (χ4v) is 4.03. The molecule has 2 aliphatic carbocycles. The molecule has 0 spiro atoms. The highest BCUT2D eigenvalue weighted by Gasteiger charge is 2.28. The predicted molar refractivity (Wildman–Crippen MR) is 102 cm³/mol. The minimum atomic E-state index is -0.0311. The Kier molecular flexibility index (Phi) is 5.63. The standard InChI is InChI=1S/C21H30N2O3/c24-21(23-14-4-9-20(15-23)26-18-7-3-8-18)22-16-10-12-19(13-11-16)25-17-5-1-2-6-17/h10-13,17-18,20H,1-9,14-15H2,(H,22,24). The number of hydrogen-bond donors (Lipinski definition) is 1. The maximum atomic E-state index is 12.6. The van der Waals surface area contributed by atoms with Gasteiger partial charge in [0.1, 0.15) is 5.75 Å². The molecule has 2 saturated carbocycles. The van der Waals surface area contributed by atoms with Gasteiger partial charge in [-0.3, -0.25) is 0 Å². The highest BCUT2D eigenvalue weighted by Crippen LogP contribution is 2.27. The average molecular weight is 358 g/mol. The molecule has 2 amide bonds. The maximum Gasteiger partial charge on any atom is 0.321 e. The molecule has 26 heavy (non-hydrogen) atoms. The van der Waals surface area contributed by atoms with Crippen LogP contribution < -0.4 is 10.1 Å². The van der Waals surface area contributed by atoms with E-state index in [4.69, 9.17) is 9.47 Å². The summed E-state index contributed by atoms with van der Waals surface area (Å²) in [7, 11) is 0. The van der Waals surface area contributed by atoms with Gasteiger partial charge in [0, 0.05) is 18.8 Å². The molecule has 0 aromatic heterocycles. The number of carbonyl (C=O) groups is 1. The van der Waals surface area contributed by atoms with Crippen molar-refractivity contribution in [1.82, 2.24) is 4.90 Å². The van der Waals surface area contributed by atoms with Gasteiger partial charge in [0.05, 0.1) is 18.3 Å². The van der Waals surface area contributed by atoms with Crippen LogP contribution in [0.1, 0.15) is 57.8 Å². The largest absolute Gasteiger partial charge is 0.490 e. The summed E-state index contributed by atoms with van der Waals surface area (Å²) >= 11 is 0. The van der Waals surface area contributed by atoms with Crippen molar-refractivity contribution in [2.45, 2.75) is 76.1 Å². The zero-order chi connectivity index (χ0) is 17.8. The number of likely N-dealkylation sites (tertiary alicyclic amines) is 1. The fraction of sp³-hybridized carbons (Fsp3) is 0.667. The third-order valence-electron chi connectivity index (χ3n) is 5.81. The predicted octanol–water partition coefficient (Wildman–Crippen LogP) is 4.57. The molecule has 1 aromatic rings. The number of ether oxygens (including phenoxy) is 2. The smallest absolute Gasteiger partial charge is 0.321 e. The Morgan fingerprint density at radius 2 is 1.58 bits per heavy atom. The number of benzene rings is 1. The second-order valence-corrected chi connectivity index (χ2v) is 7.88. The van der Waals surface area contributed by atoms with Crippen molar-refractivity contribution < 1.29 is 14.3 Å². The third kappa shape index (κ3) is 4.50. The van der Waals surface area contributed by atoms with Gasteiger partial charge in [-0.25, -0.2) is 4.79 Å². The number of rotatable bonds is 5. The number of carbonyl (C=O) groups excluding carboxylic acids is 1. The van der Waals surface area contributed by atoms with Crippen molar-refractivity contribution in [2.75, 3.05) is 18.4 Å². The van der Waals surface area contributed by atoms with Crippen LogP contribution in [-0.4, -0.2) is 42.3 Å². The van der Waals surface area contributed by atoms with E-state index < -0.39 is 0 Å². The zero-order valence-electron chi connectivity index (χ0n) is 15.5. The van der Waals surface area contributed by atoms with E-state index >= 15 is 0 Å². The molecule has 1 aliphatic heterocycles. The van der Waals surface area contributed by atoms with Crippen molar-refractivity contribution in [3.63, 3.8) is 0 Å². The Morgan fingerprint density at radius 3 is 2.27 bits per heavy atom. The molecule has 1 saturated heterocycles. The highest BCUT2D eigenvalue weighted by atomic mass is 16.5. The molecule has 1 N–H and O–H groups in total. The SMILES string of the molecule is O=C(Nc1ccc(OC2CCCC2)cc1)N1CCCC(OC2CCC2)C1. The minimum Gasteiger partial charge on any atom is -0.490 e. The second kappa shape index (κ2) is 8.30. The highest BCUT2D eigenvalue weighted by molar-refractivity contribution is 5.89. The lowest BCUT2D eigenvalue weighted by Gasteiger charge is -2.37. The van der Waals surface area contributed by atoms with Crippen molar-refractivity contribution in [2.24, 2.45) is 0 Å². The summed E-state index contributed by atoms with van der Waals surface area (Å²) in [5.41, 5.74) is 0.816. The number of hydrogen-bond acceptors (Lipinski definition) is 3. The normalized spacial score (nSPS) is 24.3. The molecule has 1 atom stereocenters. The van der Waals surface area contributed by atoms with Gasteiger partial charge in [-0.15, -0.1) is 0 Å².